The molecule has 0 aliphatic carbocycles. The predicted molar refractivity (Wildman–Crippen MR) is 125 cm³/mol. The zero-order valence-electron chi connectivity index (χ0n) is 17.2. The van der Waals surface area contributed by atoms with Gasteiger partial charge in [-0.1, -0.05) is 24.3 Å². The van der Waals surface area contributed by atoms with Crippen molar-refractivity contribution in [1.29, 1.82) is 5.26 Å². The van der Waals surface area contributed by atoms with Crippen molar-refractivity contribution in [2.75, 3.05) is 6.54 Å². The molecule has 156 valence electrons. The summed E-state index contributed by atoms with van der Waals surface area (Å²) in [6.45, 7) is 0.947. The topological polar surface area (TPSA) is 99.4 Å². The van der Waals surface area contributed by atoms with Crippen molar-refractivity contribution >= 4 is 32.2 Å². The number of H-pyrrole nitrogens is 1. The summed E-state index contributed by atoms with van der Waals surface area (Å²) in [7, 11) is 1.89. The lowest BCUT2D eigenvalue weighted by Gasteiger charge is -2.27. The largest absolute Gasteiger partial charge is 0.308 e. The summed E-state index contributed by atoms with van der Waals surface area (Å²) in [5.41, 5.74) is 4.08. The summed E-state index contributed by atoms with van der Waals surface area (Å²) in [5.74, 6) is 0. The highest BCUT2D eigenvalue weighted by atomic mass is 32.1. The van der Waals surface area contributed by atoms with Gasteiger partial charge in [-0.3, -0.25) is 9.48 Å². The van der Waals surface area contributed by atoms with Crippen LogP contribution < -0.4 is 10.9 Å². The number of rotatable bonds is 3. The van der Waals surface area contributed by atoms with Crippen molar-refractivity contribution < 1.29 is 0 Å². The summed E-state index contributed by atoms with van der Waals surface area (Å²) in [6, 6.07) is 16.3. The first-order valence-corrected chi connectivity index (χ1v) is 11.2. The maximum atomic E-state index is 12.4. The van der Waals surface area contributed by atoms with E-state index in [4.69, 9.17) is 0 Å². The first kappa shape index (κ1) is 18.9. The van der Waals surface area contributed by atoms with Gasteiger partial charge in [0.2, 0.25) is 0 Å². The first-order valence-electron chi connectivity index (χ1n) is 10.4. The summed E-state index contributed by atoms with van der Waals surface area (Å²) in [6.07, 6.45) is 2.81. The minimum absolute atomic E-state index is 0.144. The fourth-order valence-corrected chi connectivity index (χ4v) is 5.63. The minimum Gasteiger partial charge on any atom is -0.308 e. The van der Waals surface area contributed by atoms with E-state index in [2.05, 4.69) is 26.7 Å². The smallest absolute Gasteiger partial charge is 0.272 e. The van der Waals surface area contributed by atoms with E-state index < -0.39 is 0 Å². The second kappa shape index (κ2) is 7.12. The quantitative estimate of drug-likeness (QED) is 0.442. The van der Waals surface area contributed by atoms with Crippen LogP contribution in [0.3, 0.4) is 0 Å². The fraction of sp³-hybridized carbons (Fsp3) is 0.167. The zero-order chi connectivity index (χ0) is 21.8. The SMILES string of the molecule is Cn1ncc(-c2ccc3c(=O)[nH]nc([C@@H]4CCN4)c3c2)c1-c1sc2ccccc2c1C#N. The average molecular weight is 439 g/mol. The summed E-state index contributed by atoms with van der Waals surface area (Å²) in [5, 5.41) is 27.2. The van der Waals surface area contributed by atoms with Crippen molar-refractivity contribution in [2.24, 2.45) is 7.05 Å². The van der Waals surface area contributed by atoms with Crippen molar-refractivity contribution in [3.05, 3.63) is 70.3 Å². The summed E-state index contributed by atoms with van der Waals surface area (Å²) >= 11 is 1.60. The number of aromatic amines is 1. The molecule has 0 bridgehead atoms. The molecule has 6 rings (SSSR count). The molecule has 1 fully saturated rings. The Morgan fingerprint density at radius 3 is 2.81 bits per heavy atom. The van der Waals surface area contributed by atoms with E-state index in [1.807, 2.05) is 60.4 Å². The van der Waals surface area contributed by atoms with E-state index in [9.17, 15) is 10.1 Å². The third kappa shape index (κ3) is 2.72. The van der Waals surface area contributed by atoms with Gasteiger partial charge in [0.15, 0.2) is 0 Å². The van der Waals surface area contributed by atoms with Crippen LogP contribution in [0.4, 0.5) is 0 Å². The van der Waals surface area contributed by atoms with E-state index in [0.29, 0.717) is 10.9 Å². The highest BCUT2D eigenvalue weighted by Gasteiger charge is 2.25. The van der Waals surface area contributed by atoms with Gasteiger partial charge in [0.05, 0.1) is 39.5 Å². The van der Waals surface area contributed by atoms with Crippen molar-refractivity contribution in [2.45, 2.75) is 12.5 Å². The monoisotopic (exact) mass is 438 g/mol. The standard InChI is InChI=1S/C24H18N6OS/c1-30-22(23-17(11-25)14-4-2-3-5-20(14)32-23)18(12-27-30)13-6-7-15-16(10-13)21(19-8-9-26-19)28-29-24(15)31/h2-7,10,12,19,26H,8-9H2,1H3,(H,29,31)/t19-/m0/s1. The van der Waals surface area contributed by atoms with Gasteiger partial charge in [-0.2, -0.15) is 15.5 Å². The average Bonchev–Trinajstić information content (AvgIpc) is 3.33. The van der Waals surface area contributed by atoms with Crippen molar-refractivity contribution in [1.82, 2.24) is 25.3 Å². The van der Waals surface area contributed by atoms with E-state index in [-0.39, 0.29) is 11.6 Å². The number of benzene rings is 2. The van der Waals surface area contributed by atoms with Crippen LogP contribution in [0.15, 0.2) is 53.5 Å². The number of nitrogens with zero attached hydrogens (tertiary/aromatic N) is 4. The lowest BCUT2D eigenvalue weighted by molar-refractivity contribution is 0.375. The van der Waals surface area contributed by atoms with E-state index in [1.54, 1.807) is 11.3 Å². The predicted octanol–water partition coefficient (Wildman–Crippen LogP) is 4.11. The molecule has 2 aromatic carbocycles. The third-order valence-corrected chi connectivity index (χ3v) is 7.32. The Labute approximate surface area is 186 Å². The van der Waals surface area contributed by atoms with Crippen LogP contribution in [0.5, 0.6) is 0 Å². The number of thiophene rings is 1. The Morgan fingerprint density at radius 2 is 2.03 bits per heavy atom. The van der Waals surface area contributed by atoms with Crippen LogP contribution in [0, 0.1) is 11.3 Å². The highest BCUT2D eigenvalue weighted by Crippen LogP contribution is 2.42. The van der Waals surface area contributed by atoms with Gasteiger partial charge >= 0.3 is 0 Å². The molecule has 1 atom stereocenters. The van der Waals surface area contributed by atoms with Crippen LogP contribution >= 0.6 is 11.3 Å². The van der Waals surface area contributed by atoms with Crippen LogP contribution in [-0.4, -0.2) is 26.5 Å². The van der Waals surface area contributed by atoms with E-state index >= 15 is 0 Å². The van der Waals surface area contributed by atoms with Crippen molar-refractivity contribution in [3.8, 4) is 27.8 Å². The molecule has 0 unspecified atom stereocenters. The lowest BCUT2D eigenvalue weighted by atomic mass is 9.95. The number of nitrogens with one attached hydrogen (secondary N) is 2. The Bertz CT molecular complexity index is 1620. The molecule has 32 heavy (non-hydrogen) atoms. The third-order valence-electron chi connectivity index (χ3n) is 6.14. The summed E-state index contributed by atoms with van der Waals surface area (Å²) < 4.78 is 2.88. The van der Waals surface area contributed by atoms with Gasteiger partial charge in [0.1, 0.15) is 6.07 Å². The Kier molecular flexibility index (Phi) is 4.21. The second-order valence-electron chi connectivity index (χ2n) is 7.94. The number of fused-ring (bicyclic) bond motifs is 2. The molecule has 0 amide bonds. The van der Waals surface area contributed by atoms with E-state index in [1.165, 1.54) is 0 Å². The highest BCUT2D eigenvalue weighted by molar-refractivity contribution is 7.22. The number of hydrogen-bond donors (Lipinski definition) is 2. The number of aromatic nitrogens is 4. The normalized spacial score (nSPS) is 15.7. The molecule has 8 heteroatoms. The van der Waals surface area contributed by atoms with Gasteiger partial charge < -0.3 is 5.32 Å². The number of aryl methyl sites for hydroxylation is 1. The van der Waals surface area contributed by atoms with Gasteiger partial charge in [0.25, 0.3) is 5.56 Å². The Balaban J connectivity index is 1.59. The maximum absolute atomic E-state index is 12.4. The molecular weight excluding hydrogens is 420 g/mol. The molecule has 0 radical (unpaired) electrons. The lowest BCUT2D eigenvalue weighted by Crippen LogP contribution is -2.36. The molecule has 0 saturated carbocycles. The zero-order valence-corrected chi connectivity index (χ0v) is 18.0. The van der Waals surface area contributed by atoms with Crippen LogP contribution in [0.2, 0.25) is 0 Å². The molecular formula is C24H18N6OS. The van der Waals surface area contributed by atoms with Crippen LogP contribution in [-0.2, 0) is 7.05 Å². The molecule has 5 aromatic rings. The van der Waals surface area contributed by atoms with Gasteiger partial charge in [-0.05, 0) is 36.7 Å². The molecule has 1 saturated heterocycles. The molecule has 4 heterocycles. The van der Waals surface area contributed by atoms with Gasteiger partial charge in [0, 0.05) is 28.1 Å². The first-order chi connectivity index (χ1) is 15.7. The van der Waals surface area contributed by atoms with Gasteiger partial charge in [-0.25, -0.2) is 5.10 Å². The fourth-order valence-electron chi connectivity index (χ4n) is 4.38. The molecule has 0 spiro atoms. The molecule has 1 aliphatic heterocycles. The minimum atomic E-state index is -0.197. The Morgan fingerprint density at radius 1 is 1.19 bits per heavy atom. The summed E-state index contributed by atoms with van der Waals surface area (Å²) in [4.78, 5) is 13.3. The van der Waals surface area contributed by atoms with Crippen LogP contribution in [0.25, 0.3) is 42.6 Å². The number of nitriles is 1. The van der Waals surface area contributed by atoms with Gasteiger partial charge in [-0.15, -0.1) is 11.3 Å². The Hall–Kier alpha value is -3.80. The van der Waals surface area contributed by atoms with Crippen molar-refractivity contribution in [3.63, 3.8) is 0 Å². The van der Waals surface area contributed by atoms with Crippen LogP contribution in [0.1, 0.15) is 23.7 Å². The van der Waals surface area contributed by atoms with E-state index in [0.717, 1.165) is 55.8 Å². The maximum Gasteiger partial charge on any atom is 0.272 e. The number of hydrogen-bond acceptors (Lipinski definition) is 6. The second-order valence-corrected chi connectivity index (χ2v) is 8.99. The molecule has 7 nitrogen and oxygen atoms in total. The molecule has 3 aromatic heterocycles. The molecule has 1 aliphatic rings. The molecule has 2 N–H and O–H groups in total.